The van der Waals surface area contributed by atoms with Crippen LogP contribution in [0, 0.1) is 13.8 Å². The molecule has 5 aromatic rings. The number of ether oxygens (including phenoxy) is 2. The van der Waals surface area contributed by atoms with Crippen molar-refractivity contribution in [1.29, 1.82) is 0 Å². The van der Waals surface area contributed by atoms with E-state index < -0.39 is 0 Å². The zero-order chi connectivity index (χ0) is 32.5. The van der Waals surface area contributed by atoms with Crippen molar-refractivity contribution >= 4 is 57.5 Å². The number of aryl methyl sites for hydroxylation is 1. The number of carbonyl (C=O) groups excluding carboxylic acids is 2. The lowest BCUT2D eigenvalue weighted by Crippen LogP contribution is -2.21. The van der Waals surface area contributed by atoms with Gasteiger partial charge in [-0.05, 0) is 79.9 Å². The van der Waals surface area contributed by atoms with Crippen molar-refractivity contribution < 1.29 is 19.1 Å². The van der Waals surface area contributed by atoms with Crippen LogP contribution in [0.4, 0.5) is 16.5 Å². The Morgan fingerprint density at radius 2 is 1.76 bits per heavy atom. The van der Waals surface area contributed by atoms with E-state index in [1.807, 2.05) is 86.8 Å². The quantitative estimate of drug-likeness (QED) is 0.0929. The van der Waals surface area contributed by atoms with Crippen LogP contribution < -0.4 is 25.5 Å². The van der Waals surface area contributed by atoms with Crippen molar-refractivity contribution in [3.05, 3.63) is 118 Å². The number of anilines is 3. The average Bonchev–Trinajstić information content (AvgIpc) is 3.52. The minimum atomic E-state index is -0.376. The fraction of sp³-hybridized carbons (Fsp3) is 0.143. The third-order valence-corrected chi connectivity index (χ3v) is 7.95. The van der Waals surface area contributed by atoms with Crippen LogP contribution >= 0.6 is 22.9 Å². The number of hydrogen-bond donors (Lipinski definition) is 3. The van der Waals surface area contributed by atoms with Gasteiger partial charge in [0.15, 0.2) is 23.2 Å². The van der Waals surface area contributed by atoms with E-state index in [1.54, 1.807) is 24.3 Å². The van der Waals surface area contributed by atoms with Crippen LogP contribution in [-0.4, -0.2) is 36.2 Å². The Hall–Kier alpha value is -5.19. The molecule has 0 unspecified atom stereocenters. The molecule has 9 nitrogen and oxygen atoms in total. The van der Waals surface area contributed by atoms with Crippen LogP contribution in [-0.2, 0) is 4.79 Å². The maximum atomic E-state index is 12.7. The highest BCUT2D eigenvalue weighted by atomic mass is 35.5. The molecule has 0 aliphatic rings. The molecule has 11 heteroatoms. The number of benzene rings is 4. The van der Waals surface area contributed by atoms with Gasteiger partial charge in [-0.2, -0.15) is 5.10 Å². The van der Waals surface area contributed by atoms with Gasteiger partial charge in [-0.3, -0.25) is 9.59 Å². The van der Waals surface area contributed by atoms with Crippen LogP contribution in [0.1, 0.15) is 34.0 Å². The Morgan fingerprint density at radius 3 is 2.52 bits per heavy atom. The molecule has 5 rings (SSSR count). The Kier molecular flexibility index (Phi) is 10.6. The lowest BCUT2D eigenvalue weighted by atomic mass is 10.1. The lowest BCUT2D eigenvalue weighted by Gasteiger charge is -2.15. The molecular weight excluding hydrogens is 622 g/mol. The second-order valence-corrected chi connectivity index (χ2v) is 11.4. The van der Waals surface area contributed by atoms with Gasteiger partial charge < -0.3 is 20.1 Å². The Morgan fingerprint density at radius 1 is 0.978 bits per heavy atom. The fourth-order valence-electron chi connectivity index (χ4n) is 4.41. The Bertz CT molecular complexity index is 1860. The van der Waals surface area contributed by atoms with Crippen LogP contribution in [0.25, 0.3) is 11.3 Å². The molecule has 1 aromatic heterocycles. The second-order valence-electron chi connectivity index (χ2n) is 10.2. The van der Waals surface area contributed by atoms with E-state index in [-0.39, 0.29) is 29.2 Å². The van der Waals surface area contributed by atoms with Gasteiger partial charge in [0.05, 0.1) is 23.5 Å². The summed E-state index contributed by atoms with van der Waals surface area (Å²) in [5.41, 5.74) is 8.99. The SMILES string of the molecule is CCOc1cc(/C=N/NC(=O)c2ccc(-c3csc(Nc4ccccc4)n3)cc2)cc(Cl)c1OCC(=O)Nc1cccc(C)c1C. The summed E-state index contributed by atoms with van der Waals surface area (Å²) in [5.74, 6) is -0.116. The first-order chi connectivity index (χ1) is 22.3. The summed E-state index contributed by atoms with van der Waals surface area (Å²) >= 11 is 8.02. The zero-order valence-electron chi connectivity index (χ0n) is 25.5. The van der Waals surface area contributed by atoms with E-state index >= 15 is 0 Å². The summed E-state index contributed by atoms with van der Waals surface area (Å²) < 4.78 is 11.5. The molecule has 0 bridgehead atoms. The summed E-state index contributed by atoms with van der Waals surface area (Å²) in [5, 5.41) is 13.2. The van der Waals surface area contributed by atoms with E-state index in [4.69, 9.17) is 21.1 Å². The van der Waals surface area contributed by atoms with Crippen LogP contribution in [0.3, 0.4) is 0 Å². The largest absolute Gasteiger partial charge is 0.490 e. The normalized spacial score (nSPS) is 10.9. The molecule has 0 saturated carbocycles. The molecular formula is C35H32ClN5O4S. The van der Waals surface area contributed by atoms with Crippen molar-refractivity contribution in [3.8, 4) is 22.8 Å². The summed E-state index contributed by atoms with van der Waals surface area (Å²) in [6.45, 7) is 5.84. The van der Waals surface area contributed by atoms with Gasteiger partial charge in [-0.25, -0.2) is 10.4 Å². The molecule has 4 aromatic carbocycles. The highest BCUT2D eigenvalue weighted by Crippen LogP contribution is 2.36. The summed E-state index contributed by atoms with van der Waals surface area (Å²) in [7, 11) is 0. The van der Waals surface area contributed by atoms with Gasteiger partial charge in [0, 0.05) is 27.9 Å². The first kappa shape index (κ1) is 32.2. The standard InChI is InChI=1S/C35H32ClN5O4S/c1-4-44-31-18-24(17-28(36)33(31)45-20-32(42)39-29-12-8-9-22(2)23(29)3)19-37-41-34(43)26-15-13-25(14-16-26)30-21-46-35(40-30)38-27-10-6-5-7-11-27/h5-19,21H,4,20H2,1-3H3,(H,38,40)(H,39,42)(H,41,43)/b37-19+. The smallest absolute Gasteiger partial charge is 0.271 e. The van der Waals surface area contributed by atoms with E-state index in [0.717, 1.165) is 38.9 Å². The van der Waals surface area contributed by atoms with E-state index in [9.17, 15) is 9.59 Å². The van der Waals surface area contributed by atoms with E-state index in [0.29, 0.717) is 23.5 Å². The molecule has 1 heterocycles. The molecule has 3 N–H and O–H groups in total. The third kappa shape index (κ3) is 8.29. The number of rotatable bonds is 12. The topological polar surface area (TPSA) is 114 Å². The third-order valence-electron chi connectivity index (χ3n) is 6.91. The summed E-state index contributed by atoms with van der Waals surface area (Å²) in [6, 6.07) is 25.9. The number of amides is 2. The Labute approximate surface area is 276 Å². The number of hydrogen-bond acceptors (Lipinski definition) is 8. The minimum absolute atomic E-state index is 0.234. The minimum Gasteiger partial charge on any atom is -0.490 e. The van der Waals surface area contributed by atoms with E-state index in [2.05, 4.69) is 26.1 Å². The van der Waals surface area contributed by atoms with Crippen molar-refractivity contribution in [2.24, 2.45) is 5.10 Å². The van der Waals surface area contributed by atoms with Crippen molar-refractivity contribution in [2.45, 2.75) is 20.8 Å². The van der Waals surface area contributed by atoms with Crippen molar-refractivity contribution in [2.75, 3.05) is 23.8 Å². The predicted molar refractivity (Wildman–Crippen MR) is 185 cm³/mol. The first-order valence-electron chi connectivity index (χ1n) is 14.5. The van der Waals surface area contributed by atoms with Gasteiger partial charge in [0.2, 0.25) is 0 Å². The number of halogens is 1. The monoisotopic (exact) mass is 653 g/mol. The molecule has 0 fully saturated rings. The molecule has 2 amide bonds. The van der Waals surface area contributed by atoms with Crippen molar-refractivity contribution in [3.63, 3.8) is 0 Å². The number of aromatic nitrogens is 1. The lowest BCUT2D eigenvalue weighted by molar-refractivity contribution is -0.118. The zero-order valence-corrected chi connectivity index (χ0v) is 27.0. The average molecular weight is 654 g/mol. The first-order valence-corrected chi connectivity index (χ1v) is 15.7. The highest BCUT2D eigenvalue weighted by molar-refractivity contribution is 7.14. The maximum absolute atomic E-state index is 12.7. The number of nitrogens with zero attached hydrogens (tertiary/aromatic N) is 2. The van der Waals surface area contributed by atoms with Gasteiger partial charge in [-0.1, -0.05) is 54.1 Å². The molecule has 0 radical (unpaired) electrons. The molecule has 0 saturated heterocycles. The van der Waals surface area contributed by atoms with Gasteiger partial charge in [0.1, 0.15) is 0 Å². The molecule has 234 valence electrons. The number of para-hydroxylation sites is 1. The molecule has 0 atom stereocenters. The molecule has 0 aliphatic carbocycles. The second kappa shape index (κ2) is 15.2. The van der Waals surface area contributed by atoms with Crippen molar-refractivity contribution in [1.82, 2.24) is 10.4 Å². The predicted octanol–water partition coefficient (Wildman–Crippen LogP) is 8.00. The maximum Gasteiger partial charge on any atom is 0.271 e. The summed E-state index contributed by atoms with van der Waals surface area (Å²) in [4.78, 5) is 30.0. The van der Waals surface area contributed by atoms with Crippen LogP contribution in [0.2, 0.25) is 5.02 Å². The number of thiazole rings is 1. The fourth-order valence-corrected chi connectivity index (χ4v) is 5.42. The number of carbonyl (C=O) groups is 2. The molecule has 0 aliphatic heterocycles. The highest BCUT2D eigenvalue weighted by Gasteiger charge is 2.15. The number of hydrazone groups is 1. The van der Waals surface area contributed by atoms with Gasteiger partial charge >= 0.3 is 0 Å². The van der Waals surface area contributed by atoms with E-state index in [1.165, 1.54) is 17.6 Å². The van der Waals surface area contributed by atoms with Crippen LogP contribution in [0.5, 0.6) is 11.5 Å². The van der Waals surface area contributed by atoms with Crippen LogP contribution in [0.15, 0.2) is 95.4 Å². The Balaban J connectivity index is 1.18. The summed E-state index contributed by atoms with van der Waals surface area (Å²) in [6.07, 6.45) is 1.45. The van der Waals surface area contributed by atoms with Gasteiger partial charge in [0.25, 0.3) is 11.8 Å². The van der Waals surface area contributed by atoms with Gasteiger partial charge in [-0.15, -0.1) is 11.3 Å². The number of nitrogens with one attached hydrogen (secondary N) is 3. The molecule has 0 spiro atoms. The molecule has 46 heavy (non-hydrogen) atoms.